The topological polar surface area (TPSA) is 114 Å². The van der Waals surface area contributed by atoms with Crippen LogP contribution in [0, 0.1) is 19.8 Å². The van der Waals surface area contributed by atoms with Gasteiger partial charge in [0.15, 0.2) is 0 Å². The molecule has 0 aromatic heterocycles. The molecule has 0 fully saturated rings. The quantitative estimate of drug-likeness (QED) is 0.240. The number of carbonyl (C=O) groups excluding carboxylic acids is 4. The van der Waals surface area contributed by atoms with E-state index in [2.05, 4.69) is 24.5 Å². The van der Waals surface area contributed by atoms with Gasteiger partial charge in [0.05, 0.1) is 0 Å². The Morgan fingerprint density at radius 3 is 2.00 bits per heavy atom. The smallest absolute Gasteiger partial charge is 0.408 e. The highest BCUT2D eigenvalue weighted by Gasteiger charge is 2.38. The van der Waals surface area contributed by atoms with E-state index in [1.807, 2.05) is 69.3 Å². The van der Waals surface area contributed by atoms with Crippen molar-refractivity contribution in [1.82, 2.24) is 15.5 Å². The van der Waals surface area contributed by atoms with Crippen LogP contribution in [0.5, 0.6) is 0 Å². The van der Waals surface area contributed by atoms with Gasteiger partial charge in [0.25, 0.3) is 0 Å². The number of ether oxygens (including phenoxy) is 2. The van der Waals surface area contributed by atoms with Crippen LogP contribution in [0.3, 0.4) is 0 Å². The van der Waals surface area contributed by atoms with Gasteiger partial charge in [0.2, 0.25) is 11.8 Å². The number of hydrogen-bond acceptors (Lipinski definition) is 6. The molecule has 3 amide bonds. The van der Waals surface area contributed by atoms with Crippen molar-refractivity contribution in [2.45, 2.75) is 125 Å². The first-order chi connectivity index (χ1) is 21.3. The lowest BCUT2D eigenvalue weighted by Gasteiger charge is -2.38. The number of carbonyl (C=O) groups is 4. The zero-order valence-electron chi connectivity index (χ0n) is 29.7. The van der Waals surface area contributed by atoms with Crippen LogP contribution in [0.1, 0.15) is 103 Å². The second-order valence-corrected chi connectivity index (χ2v) is 14.5. The summed E-state index contributed by atoms with van der Waals surface area (Å²) in [4.78, 5) is 56.2. The summed E-state index contributed by atoms with van der Waals surface area (Å²) in [5.41, 5.74) is 1.71. The average molecular weight is 638 g/mol. The fourth-order valence-electron chi connectivity index (χ4n) is 5.05. The van der Waals surface area contributed by atoms with Crippen molar-refractivity contribution in [2.75, 3.05) is 6.54 Å². The highest BCUT2D eigenvalue weighted by atomic mass is 16.6. The van der Waals surface area contributed by atoms with Gasteiger partial charge >= 0.3 is 12.1 Å². The Hall–Kier alpha value is -3.88. The minimum atomic E-state index is -1.09. The van der Waals surface area contributed by atoms with E-state index in [1.165, 1.54) is 0 Å². The Balaban J connectivity index is 2.61. The molecule has 9 heteroatoms. The Bertz CT molecular complexity index is 1330. The third kappa shape index (κ3) is 12.9. The summed E-state index contributed by atoms with van der Waals surface area (Å²) in [6.07, 6.45) is 0.929. The van der Waals surface area contributed by atoms with Crippen LogP contribution in [0.4, 0.5) is 4.79 Å². The molecule has 9 nitrogen and oxygen atoms in total. The van der Waals surface area contributed by atoms with E-state index in [0.717, 1.165) is 23.1 Å². The zero-order chi connectivity index (χ0) is 34.8. The van der Waals surface area contributed by atoms with Gasteiger partial charge in [-0.25, -0.2) is 9.59 Å². The van der Waals surface area contributed by atoms with Crippen LogP contribution in [0.2, 0.25) is 0 Å². The molecule has 2 aromatic rings. The van der Waals surface area contributed by atoms with Crippen molar-refractivity contribution in [2.24, 2.45) is 5.92 Å². The summed E-state index contributed by atoms with van der Waals surface area (Å²) in [7, 11) is 0. The van der Waals surface area contributed by atoms with Crippen LogP contribution in [-0.2, 0) is 30.3 Å². The first-order valence-electron chi connectivity index (χ1n) is 16.2. The number of nitrogens with zero attached hydrogens (tertiary/aromatic N) is 1. The summed E-state index contributed by atoms with van der Waals surface area (Å²) in [6.45, 7) is 20.1. The van der Waals surface area contributed by atoms with Gasteiger partial charge in [-0.05, 0) is 97.8 Å². The molecule has 0 heterocycles. The van der Waals surface area contributed by atoms with Gasteiger partial charge < -0.3 is 25.0 Å². The fourth-order valence-corrected chi connectivity index (χ4v) is 5.05. The van der Waals surface area contributed by atoms with Crippen molar-refractivity contribution in [3.63, 3.8) is 0 Å². The predicted molar refractivity (Wildman–Crippen MR) is 181 cm³/mol. The monoisotopic (exact) mass is 637 g/mol. The van der Waals surface area contributed by atoms with Crippen molar-refractivity contribution in [3.05, 3.63) is 70.8 Å². The van der Waals surface area contributed by atoms with Gasteiger partial charge in [0.1, 0.15) is 29.8 Å². The molecule has 0 aliphatic heterocycles. The molecule has 3 unspecified atom stereocenters. The Morgan fingerprint density at radius 2 is 1.43 bits per heavy atom. The first kappa shape index (κ1) is 38.3. The van der Waals surface area contributed by atoms with E-state index in [1.54, 1.807) is 46.4 Å². The van der Waals surface area contributed by atoms with Gasteiger partial charge in [-0.15, -0.1) is 0 Å². The van der Waals surface area contributed by atoms with E-state index in [9.17, 15) is 19.2 Å². The number of hydrogen-bond donors (Lipinski definition) is 2. The van der Waals surface area contributed by atoms with E-state index in [0.29, 0.717) is 17.9 Å². The summed E-state index contributed by atoms with van der Waals surface area (Å²) in [5.74, 6) is -1.15. The summed E-state index contributed by atoms with van der Waals surface area (Å²) in [6, 6.07) is 12.7. The van der Waals surface area contributed by atoms with E-state index >= 15 is 0 Å². The molecule has 0 radical (unpaired) electrons. The zero-order valence-corrected chi connectivity index (χ0v) is 29.7. The second-order valence-electron chi connectivity index (χ2n) is 14.5. The molecule has 46 heavy (non-hydrogen) atoms. The lowest BCUT2D eigenvalue weighted by molar-refractivity contribution is -0.159. The molecule has 2 N–H and O–H groups in total. The molecule has 0 bridgehead atoms. The van der Waals surface area contributed by atoms with Crippen LogP contribution >= 0.6 is 0 Å². The maximum atomic E-state index is 14.6. The van der Waals surface area contributed by atoms with Gasteiger partial charge in [-0.2, -0.15) is 0 Å². The molecular formula is C37H55N3O6. The second kappa shape index (κ2) is 16.6. The Labute approximate surface area is 275 Å². The maximum absolute atomic E-state index is 14.6. The molecule has 0 spiro atoms. The lowest BCUT2D eigenvalue weighted by atomic mass is 9.93. The number of amides is 3. The van der Waals surface area contributed by atoms with E-state index in [4.69, 9.17) is 9.47 Å². The van der Waals surface area contributed by atoms with Crippen molar-refractivity contribution >= 4 is 23.9 Å². The van der Waals surface area contributed by atoms with Gasteiger partial charge in [-0.1, -0.05) is 67.9 Å². The molecular weight excluding hydrogens is 582 g/mol. The molecule has 2 rings (SSSR count). The lowest BCUT2D eigenvalue weighted by Crippen LogP contribution is -2.54. The first-order valence-corrected chi connectivity index (χ1v) is 16.2. The average Bonchev–Trinajstić information content (AvgIpc) is 2.93. The predicted octanol–water partition coefficient (Wildman–Crippen LogP) is 6.59. The van der Waals surface area contributed by atoms with E-state index in [-0.39, 0.29) is 19.0 Å². The number of esters is 1. The normalized spacial score (nSPS) is 13.7. The maximum Gasteiger partial charge on any atom is 0.408 e. The SMILES string of the molecule is Cc1ccc(C)c(C(C(=O)NC(Cc2ccccc2)C(=O)OC(C)(C)C)N(C(=O)CNC(=O)OC(C)(C)C)C(C)CCC(C)C)c1. The van der Waals surface area contributed by atoms with Crippen LogP contribution in [0.25, 0.3) is 0 Å². The highest BCUT2D eigenvalue weighted by Crippen LogP contribution is 2.30. The molecule has 2 aromatic carbocycles. The van der Waals surface area contributed by atoms with Crippen molar-refractivity contribution in [3.8, 4) is 0 Å². The molecule has 3 atom stereocenters. The summed E-state index contributed by atoms with van der Waals surface area (Å²) >= 11 is 0. The number of benzene rings is 2. The largest absolute Gasteiger partial charge is 0.458 e. The number of aryl methyl sites for hydroxylation is 2. The van der Waals surface area contributed by atoms with Crippen LogP contribution in [0.15, 0.2) is 48.5 Å². The highest BCUT2D eigenvalue weighted by molar-refractivity contribution is 5.93. The molecule has 0 saturated carbocycles. The number of alkyl carbamates (subject to hydrolysis) is 1. The third-order valence-electron chi connectivity index (χ3n) is 7.25. The molecule has 0 aliphatic carbocycles. The summed E-state index contributed by atoms with van der Waals surface area (Å²) in [5, 5.41) is 5.53. The van der Waals surface area contributed by atoms with Crippen molar-refractivity contribution < 1.29 is 28.7 Å². The number of nitrogens with one attached hydrogen (secondary N) is 2. The Morgan fingerprint density at radius 1 is 0.826 bits per heavy atom. The fraction of sp³-hybridized carbons (Fsp3) is 0.568. The molecule has 0 saturated heterocycles. The van der Waals surface area contributed by atoms with Crippen molar-refractivity contribution in [1.29, 1.82) is 0 Å². The third-order valence-corrected chi connectivity index (χ3v) is 7.25. The van der Waals surface area contributed by atoms with Crippen LogP contribution < -0.4 is 10.6 Å². The molecule has 254 valence electrons. The van der Waals surface area contributed by atoms with E-state index < -0.39 is 47.2 Å². The minimum Gasteiger partial charge on any atom is -0.458 e. The standard InChI is InChI=1S/C37H55N3O6/c1-24(2)17-20-27(5)40(31(41)23-38-35(44)46-37(9,10)11)32(29-21-25(3)18-19-26(29)4)33(42)39-30(34(43)45-36(6,7)8)22-28-15-13-12-14-16-28/h12-16,18-19,21,24,27,30,32H,17,20,22-23H2,1-11H3,(H,38,44)(H,39,42). The number of rotatable bonds is 13. The Kier molecular flexibility index (Phi) is 13.8. The van der Waals surface area contributed by atoms with Gasteiger partial charge in [-0.3, -0.25) is 9.59 Å². The molecule has 0 aliphatic rings. The van der Waals surface area contributed by atoms with Crippen LogP contribution in [-0.4, -0.2) is 58.6 Å². The summed E-state index contributed by atoms with van der Waals surface area (Å²) < 4.78 is 11.1. The van der Waals surface area contributed by atoms with Gasteiger partial charge in [0, 0.05) is 12.5 Å². The minimum absolute atomic E-state index is 0.206.